The zero-order valence-corrected chi connectivity index (χ0v) is 19.4. The molecule has 1 fully saturated rings. The molecule has 0 atom stereocenters. The Kier molecular flexibility index (Phi) is 7.75. The van der Waals surface area contributed by atoms with Crippen molar-refractivity contribution in [2.75, 3.05) is 46.0 Å². The van der Waals surface area contributed by atoms with Gasteiger partial charge in [0.2, 0.25) is 15.9 Å². The first kappa shape index (κ1) is 23.0. The Balaban J connectivity index is 1.54. The molecule has 1 aromatic carbocycles. The number of rotatable bonds is 7. The molecule has 0 aliphatic carbocycles. The topological polar surface area (TPSA) is 73.8 Å². The molecule has 1 aliphatic heterocycles. The summed E-state index contributed by atoms with van der Waals surface area (Å²) >= 11 is 7.27. The third-order valence-electron chi connectivity index (χ3n) is 4.89. The van der Waals surface area contributed by atoms with E-state index in [4.69, 9.17) is 11.6 Å². The van der Waals surface area contributed by atoms with Gasteiger partial charge in [0.15, 0.2) is 0 Å². The summed E-state index contributed by atoms with van der Waals surface area (Å²) in [6, 6.07) is 10.6. The molecule has 0 unspecified atom stereocenters. The fraction of sp³-hybridized carbons (Fsp3) is 0.400. The molecule has 0 spiro atoms. The quantitative estimate of drug-likeness (QED) is 0.581. The molecule has 30 heavy (non-hydrogen) atoms. The third-order valence-corrected chi connectivity index (χ3v) is 7.93. The molecule has 10 heteroatoms. The maximum Gasteiger partial charge on any atom is 0.244 e. The van der Waals surface area contributed by atoms with Crippen LogP contribution < -0.4 is 0 Å². The van der Waals surface area contributed by atoms with Gasteiger partial charge in [-0.2, -0.15) is 4.31 Å². The lowest BCUT2D eigenvalue weighted by atomic mass is 10.2. The van der Waals surface area contributed by atoms with E-state index in [-0.39, 0.29) is 16.6 Å². The highest BCUT2D eigenvalue weighted by atomic mass is 35.5. The summed E-state index contributed by atoms with van der Waals surface area (Å²) in [4.78, 5) is 20.6. The summed E-state index contributed by atoms with van der Waals surface area (Å²) in [5.41, 5.74) is 0.958. The number of halogens is 1. The van der Waals surface area contributed by atoms with Gasteiger partial charge in [0.25, 0.3) is 0 Å². The number of hydrogen-bond acceptors (Lipinski definition) is 6. The van der Waals surface area contributed by atoms with Crippen LogP contribution in [0.2, 0.25) is 5.02 Å². The lowest BCUT2D eigenvalue weighted by Crippen LogP contribution is -2.47. The molecule has 162 valence electrons. The van der Waals surface area contributed by atoms with Crippen LogP contribution in [0.15, 0.2) is 52.5 Å². The van der Waals surface area contributed by atoms with Crippen LogP contribution in [0.1, 0.15) is 5.56 Å². The summed E-state index contributed by atoms with van der Waals surface area (Å²) in [5.74, 6) is 0.171. The summed E-state index contributed by atoms with van der Waals surface area (Å²) in [7, 11) is 0.180. The standard InChI is InChI=1S/C20H25ClN4O3S2/c1-23-8-10-25(11-9-23)30(27,28)18-6-7-19(22-13-18)29-15-20(26)24(2)14-16-4-3-5-17(21)12-16/h3-7,12-13H,8-11,14-15H2,1-2H3. The van der Waals surface area contributed by atoms with E-state index in [1.807, 2.05) is 25.2 Å². The van der Waals surface area contributed by atoms with Crippen LogP contribution in [0.3, 0.4) is 0 Å². The summed E-state index contributed by atoms with van der Waals surface area (Å²) in [6.45, 7) is 2.85. The molecule has 2 heterocycles. The van der Waals surface area contributed by atoms with Crippen molar-refractivity contribution in [2.45, 2.75) is 16.5 Å². The number of piperazine rings is 1. The number of pyridine rings is 1. The van der Waals surface area contributed by atoms with E-state index >= 15 is 0 Å². The fourth-order valence-corrected chi connectivity index (χ4v) is 5.39. The minimum absolute atomic E-state index is 0.0455. The molecule has 7 nitrogen and oxygen atoms in total. The number of nitrogens with zero attached hydrogens (tertiary/aromatic N) is 4. The van der Waals surface area contributed by atoms with E-state index in [2.05, 4.69) is 9.88 Å². The molecule has 1 amide bonds. The molecular formula is C20H25ClN4O3S2. The van der Waals surface area contributed by atoms with Crippen LogP contribution >= 0.6 is 23.4 Å². The lowest BCUT2D eigenvalue weighted by molar-refractivity contribution is -0.127. The number of hydrogen-bond donors (Lipinski definition) is 0. The third kappa shape index (κ3) is 5.95. The molecule has 1 aromatic heterocycles. The number of carbonyl (C=O) groups excluding carboxylic acids is 1. The molecule has 0 bridgehead atoms. The number of thioether (sulfide) groups is 1. The van der Waals surface area contributed by atoms with Crippen molar-refractivity contribution >= 4 is 39.3 Å². The Hall–Kier alpha value is -1.65. The van der Waals surface area contributed by atoms with Crippen LogP contribution in [0.4, 0.5) is 0 Å². The van der Waals surface area contributed by atoms with E-state index in [1.165, 1.54) is 22.3 Å². The van der Waals surface area contributed by atoms with Crippen molar-refractivity contribution < 1.29 is 13.2 Å². The zero-order chi connectivity index (χ0) is 21.7. The van der Waals surface area contributed by atoms with Crippen molar-refractivity contribution in [2.24, 2.45) is 0 Å². The predicted molar refractivity (Wildman–Crippen MR) is 119 cm³/mol. The van der Waals surface area contributed by atoms with Gasteiger partial charge in [-0.1, -0.05) is 35.5 Å². The van der Waals surface area contributed by atoms with Crippen molar-refractivity contribution in [1.29, 1.82) is 0 Å². The Bertz CT molecular complexity index is 978. The molecule has 3 rings (SSSR count). The van der Waals surface area contributed by atoms with E-state index in [9.17, 15) is 13.2 Å². The average molecular weight is 469 g/mol. The zero-order valence-electron chi connectivity index (χ0n) is 17.0. The molecule has 1 aliphatic rings. The molecule has 0 saturated carbocycles. The predicted octanol–water partition coefficient (Wildman–Crippen LogP) is 2.42. The van der Waals surface area contributed by atoms with Crippen LogP contribution in [0.5, 0.6) is 0 Å². The molecule has 1 saturated heterocycles. The van der Waals surface area contributed by atoms with Gasteiger partial charge in [0.1, 0.15) is 4.90 Å². The first-order chi connectivity index (χ1) is 14.3. The van der Waals surface area contributed by atoms with Gasteiger partial charge in [0.05, 0.1) is 10.8 Å². The molecule has 2 aromatic rings. The number of sulfonamides is 1. The minimum atomic E-state index is -3.54. The summed E-state index contributed by atoms with van der Waals surface area (Å²) in [6.07, 6.45) is 1.37. The van der Waals surface area contributed by atoms with Gasteiger partial charge in [0, 0.05) is 51.0 Å². The first-order valence-corrected chi connectivity index (χ1v) is 12.3. The monoisotopic (exact) mass is 468 g/mol. The molecule has 0 N–H and O–H groups in total. The van der Waals surface area contributed by atoms with E-state index < -0.39 is 10.0 Å². The van der Waals surface area contributed by atoms with Gasteiger partial charge >= 0.3 is 0 Å². The average Bonchev–Trinajstić information content (AvgIpc) is 2.72. The smallest absolute Gasteiger partial charge is 0.244 e. The van der Waals surface area contributed by atoms with Crippen molar-refractivity contribution in [3.63, 3.8) is 0 Å². The van der Waals surface area contributed by atoms with Gasteiger partial charge in [-0.3, -0.25) is 4.79 Å². The van der Waals surface area contributed by atoms with E-state index in [1.54, 1.807) is 30.1 Å². The second kappa shape index (κ2) is 10.1. The normalized spacial score (nSPS) is 15.8. The van der Waals surface area contributed by atoms with Crippen LogP contribution in [-0.2, 0) is 21.4 Å². The second-order valence-corrected chi connectivity index (χ2v) is 10.6. The van der Waals surface area contributed by atoms with Crippen LogP contribution in [0, 0.1) is 0 Å². The van der Waals surface area contributed by atoms with E-state index in [0.29, 0.717) is 42.8 Å². The fourth-order valence-electron chi connectivity index (χ4n) is 3.03. The minimum Gasteiger partial charge on any atom is -0.341 e. The number of aromatic nitrogens is 1. The molecular weight excluding hydrogens is 444 g/mol. The van der Waals surface area contributed by atoms with Crippen molar-refractivity contribution in [3.8, 4) is 0 Å². The van der Waals surface area contributed by atoms with Crippen molar-refractivity contribution in [1.82, 2.24) is 19.1 Å². The Labute approximate surface area is 187 Å². The highest BCUT2D eigenvalue weighted by Gasteiger charge is 2.27. The highest BCUT2D eigenvalue weighted by molar-refractivity contribution is 7.99. The number of carbonyl (C=O) groups is 1. The number of likely N-dealkylation sites (N-methyl/N-ethyl adjacent to an activating group) is 1. The highest BCUT2D eigenvalue weighted by Crippen LogP contribution is 2.21. The maximum absolute atomic E-state index is 12.7. The SMILES string of the molecule is CN1CCN(S(=O)(=O)c2ccc(SCC(=O)N(C)Cc3cccc(Cl)c3)nc2)CC1. The molecule has 0 radical (unpaired) electrons. The number of amides is 1. The largest absolute Gasteiger partial charge is 0.341 e. The number of benzene rings is 1. The Morgan fingerprint density at radius 1 is 1.20 bits per heavy atom. The summed E-state index contributed by atoms with van der Waals surface area (Å²) in [5, 5.41) is 1.25. The Morgan fingerprint density at radius 3 is 2.57 bits per heavy atom. The summed E-state index contributed by atoms with van der Waals surface area (Å²) < 4.78 is 27.0. The second-order valence-electron chi connectivity index (χ2n) is 7.21. The van der Waals surface area contributed by atoms with Crippen LogP contribution in [0.25, 0.3) is 0 Å². The Morgan fingerprint density at radius 2 is 1.93 bits per heavy atom. The van der Waals surface area contributed by atoms with Gasteiger partial charge < -0.3 is 9.80 Å². The maximum atomic E-state index is 12.7. The lowest BCUT2D eigenvalue weighted by Gasteiger charge is -2.31. The van der Waals surface area contributed by atoms with Gasteiger partial charge in [-0.25, -0.2) is 13.4 Å². The van der Waals surface area contributed by atoms with E-state index in [0.717, 1.165) is 5.56 Å². The van der Waals surface area contributed by atoms with Crippen molar-refractivity contribution in [3.05, 3.63) is 53.2 Å². The van der Waals surface area contributed by atoms with Crippen LogP contribution in [-0.4, -0.2) is 79.4 Å². The van der Waals surface area contributed by atoms with Gasteiger partial charge in [-0.15, -0.1) is 0 Å². The van der Waals surface area contributed by atoms with Gasteiger partial charge in [-0.05, 0) is 36.9 Å². The first-order valence-electron chi connectivity index (χ1n) is 9.51.